The third kappa shape index (κ3) is 2.45. The number of hydrogen-bond donors (Lipinski definition) is 1. The summed E-state index contributed by atoms with van der Waals surface area (Å²) in [6.07, 6.45) is -0.599. The summed E-state index contributed by atoms with van der Waals surface area (Å²) in [6, 6.07) is 5.36. The number of alkyl halides is 1. The van der Waals surface area contributed by atoms with E-state index in [0.29, 0.717) is 18.5 Å². The van der Waals surface area contributed by atoms with Crippen LogP contribution < -0.4 is 10.5 Å². The molecule has 3 heteroatoms. The number of aryl methyl sites for hydroxylation is 1. The third-order valence-corrected chi connectivity index (χ3v) is 2.23. The van der Waals surface area contributed by atoms with Crippen LogP contribution in [-0.2, 0) is 0 Å². The molecule has 1 rings (SSSR count). The van der Waals surface area contributed by atoms with Gasteiger partial charge in [-0.25, -0.2) is 4.39 Å². The van der Waals surface area contributed by atoms with Crippen LogP contribution >= 0.6 is 0 Å². The van der Waals surface area contributed by atoms with E-state index in [4.69, 9.17) is 10.5 Å². The van der Waals surface area contributed by atoms with Crippen LogP contribution in [0.1, 0.15) is 23.7 Å². The summed E-state index contributed by atoms with van der Waals surface area (Å²) in [5.74, 6) is 0.756. The summed E-state index contributed by atoms with van der Waals surface area (Å²) >= 11 is 0. The zero-order valence-corrected chi connectivity index (χ0v) is 8.59. The highest BCUT2D eigenvalue weighted by Gasteiger charge is 2.11. The molecule has 0 aromatic heterocycles. The molecule has 0 spiro atoms. The predicted molar refractivity (Wildman–Crippen MR) is 55.3 cm³/mol. The van der Waals surface area contributed by atoms with Crippen LogP contribution in [0.4, 0.5) is 4.39 Å². The Balaban J connectivity index is 2.88. The summed E-state index contributed by atoms with van der Waals surface area (Å²) in [5, 5.41) is 0. The molecule has 1 unspecified atom stereocenters. The minimum absolute atomic E-state index is 0.368. The van der Waals surface area contributed by atoms with Gasteiger partial charge in [-0.2, -0.15) is 0 Å². The highest BCUT2D eigenvalue weighted by molar-refractivity contribution is 5.36. The van der Waals surface area contributed by atoms with Crippen molar-refractivity contribution >= 4 is 0 Å². The Morgan fingerprint density at radius 2 is 2.21 bits per heavy atom. The first kappa shape index (κ1) is 11.0. The number of benzene rings is 1. The second-order valence-electron chi connectivity index (χ2n) is 3.27. The van der Waals surface area contributed by atoms with Gasteiger partial charge in [0.1, 0.15) is 11.9 Å². The van der Waals surface area contributed by atoms with Crippen LogP contribution in [0.5, 0.6) is 5.75 Å². The van der Waals surface area contributed by atoms with E-state index in [1.54, 1.807) is 19.2 Å². The van der Waals surface area contributed by atoms with Crippen molar-refractivity contribution in [1.82, 2.24) is 0 Å². The second kappa shape index (κ2) is 4.96. The molecule has 0 amide bonds. The van der Waals surface area contributed by atoms with Gasteiger partial charge in [0, 0.05) is 0 Å². The molecule has 0 aliphatic heterocycles. The van der Waals surface area contributed by atoms with Gasteiger partial charge in [0.05, 0.1) is 7.11 Å². The Bertz CT molecular complexity index is 301. The van der Waals surface area contributed by atoms with Gasteiger partial charge in [0.25, 0.3) is 0 Å². The molecule has 2 N–H and O–H groups in total. The molecule has 0 saturated heterocycles. The number of nitrogens with two attached hydrogens (primary N) is 1. The van der Waals surface area contributed by atoms with Crippen molar-refractivity contribution in [3.8, 4) is 5.75 Å². The average Bonchev–Trinajstić information content (AvgIpc) is 2.17. The standard InChI is InChI=1S/C11H16FNO/c1-8-7-9(14-2)3-4-10(8)11(12)5-6-13/h3-4,7,11H,5-6,13H2,1-2H3. The normalized spacial score (nSPS) is 12.6. The number of hydrogen-bond acceptors (Lipinski definition) is 2. The Labute approximate surface area is 83.9 Å². The first-order valence-electron chi connectivity index (χ1n) is 4.67. The fraction of sp³-hybridized carbons (Fsp3) is 0.455. The number of rotatable bonds is 4. The van der Waals surface area contributed by atoms with Crippen LogP contribution in [0, 0.1) is 6.92 Å². The van der Waals surface area contributed by atoms with Crippen LogP contribution in [0.3, 0.4) is 0 Å². The lowest BCUT2D eigenvalue weighted by Gasteiger charge is -2.11. The molecular formula is C11H16FNO. The summed E-state index contributed by atoms with van der Waals surface area (Å²) in [6.45, 7) is 2.24. The van der Waals surface area contributed by atoms with Crippen LogP contribution in [0.15, 0.2) is 18.2 Å². The monoisotopic (exact) mass is 197 g/mol. The number of ether oxygens (including phenoxy) is 1. The van der Waals surface area contributed by atoms with E-state index in [0.717, 1.165) is 11.3 Å². The molecule has 0 bridgehead atoms. The fourth-order valence-electron chi connectivity index (χ4n) is 1.43. The zero-order valence-electron chi connectivity index (χ0n) is 8.59. The van der Waals surface area contributed by atoms with Crippen molar-refractivity contribution in [3.05, 3.63) is 29.3 Å². The van der Waals surface area contributed by atoms with Crippen molar-refractivity contribution in [1.29, 1.82) is 0 Å². The molecule has 0 aliphatic rings. The molecule has 0 saturated carbocycles. The van der Waals surface area contributed by atoms with Crippen LogP contribution in [-0.4, -0.2) is 13.7 Å². The van der Waals surface area contributed by atoms with Gasteiger partial charge in [-0.15, -0.1) is 0 Å². The van der Waals surface area contributed by atoms with E-state index in [1.165, 1.54) is 0 Å². The molecule has 0 aliphatic carbocycles. The van der Waals surface area contributed by atoms with Crippen LogP contribution in [0.25, 0.3) is 0 Å². The molecule has 0 heterocycles. The lowest BCUT2D eigenvalue weighted by molar-refractivity contribution is 0.326. The maximum atomic E-state index is 13.5. The summed E-state index contributed by atoms with van der Waals surface area (Å²) < 4.78 is 18.6. The van der Waals surface area contributed by atoms with E-state index in [-0.39, 0.29) is 0 Å². The summed E-state index contributed by atoms with van der Waals surface area (Å²) in [5.41, 5.74) is 6.92. The van der Waals surface area contributed by atoms with E-state index in [9.17, 15) is 4.39 Å². The zero-order chi connectivity index (χ0) is 10.6. The van der Waals surface area contributed by atoms with Crippen molar-refractivity contribution < 1.29 is 9.13 Å². The van der Waals surface area contributed by atoms with Crippen molar-refractivity contribution in [2.45, 2.75) is 19.5 Å². The molecule has 78 valence electrons. The van der Waals surface area contributed by atoms with E-state index < -0.39 is 6.17 Å². The highest BCUT2D eigenvalue weighted by atomic mass is 19.1. The lowest BCUT2D eigenvalue weighted by atomic mass is 10.0. The van der Waals surface area contributed by atoms with Gasteiger partial charge in [0.15, 0.2) is 0 Å². The van der Waals surface area contributed by atoms with Gasteiger partial charge < -0.3 is 10.5 Å². The molecular weight excluding hydrogens is 181 g/mol. The van der Waals surface area contributed by atoms with Gasteiger partial charge in [0.2, 0.25) is 0 Å². The van der Waals surface area contributed by atoms with Gasteiger partial charge in [-0.05, 0) is 43.1 Å². The lowest BCUT2D eigenvalue weighted by Crippen LogP contribution is -2.04. The highest BCUT2D eigenvalue weighted by Crippen LogP contribution is 2.26. The molecule has 1 aromatic rings. The quantitative estimate of drug-likeness (QED) is 0.804. The van der Waals surface area contributed by atoms with Crippen molar-refractivity contribution in [3.63, 3.8) is 0 Å². The predicted octanol–water partition coefficient (Wildman–Crippen LogP) is 2.36. The molecule has 0 fully saturated rings. The van der Waals surface area contributed by atoms with E-state index >= 15 is 0 Å². The minimum atomic E-state index is -0.967. The average molecular weight is 197 g/mol. The van der Waals surface area contributed by atoms with Crippen LogP contribution in [0.2, 0.25) is 0 Å². The number of methoxy groups -OCH3 is 1. The van der Waals surface area contributed by atoms with Gasteiger partial charge in [-0.3, -0.25) is 0 Å². The third-order valence-electron chi connectivity index (χ3n) is 2.23. The maximum Gasteiger partial charge on any atom is 0.127 e. The Morgan fingerprint density at radius 1 is 1.50 bits per heavy atom. The van der Waals surface area contributed by atoms with Gasteiger partial charge >= 0.3 is 0 Å². The molecule has 0 radical (unpaired) electrons. The van der Waals surface area contributed by atoms with E-state index in [2.05, 4.69) is 0 Å². The second-order valence-corrected chi connectivity index (χ2v) is 3.27. The Morgan fingerprint density at radius 3 is 2.71 bits per heavy atom. The molecule has 1 aromatic carbocycles. The summed E-state index contributed by atoms with van der Waals surface area (Å²) in [7, 11) is 1.60. The molecule has 14 heavy (non-hydrogen) atoms. The summed E-state index contributed by atoms with van der Waals surface area (Å²) in [4.78, 5) is 0. The van der Waals surface area contributed by atoms with E-state index in [1.807, 2.05) is 13.0 Å². The van der Waals surface area contributed by atoms with Gasteiger partial charge in [-0.1, -0.05) is 6.07 Å². The minimum Gasteiger partial charge on any atom is -0.497 e. The largest absolute Gasteiger partial charge is 0.497 e. The first-order chi connectivity index (χ1) is 6.69. The SMILES string of the molecule is COc1ccc(C(F)CCN)c(C)c1. The molecule has 1 atom stereocenters. The fourth-order valence-corrected chi connectivity index (χ4v) is 1.43. The topological polar surface area (TPSA) is 35.2 Å². The maximum absolute atomic E-state index is 13.5. The Hall–Kier alpha value is -1.09. The molecule has 2 nitrogen and oxygen atoms in total. The van der Waals surface area contributed by atoms with Crippen molar-refractivity contribution in [2.75, 3.05) is 13.7 Å². The smallest absolute Gasteiger partial charge is 0.127 e. The number of halogens is 1. The first-order valence-corrected chi connectivity index (χ1v) is 4.67. The Kier molecular flexibility index (Phi) is 3.89. The van der Waals surface area contributed by atoms with Crippen molar-refractivity contribution in [2.24, 2.45) is 5.73 Å².